The van der Waals surface area contributed by atoms with Gasteiger partial charge in [0.25, 0.3) is 0 Å². The highest BCUT2D eigenvalue weighted by Gasteiger charge is 2.50. The summed E-state index contributed by atoms with van der Waals surface area (Å²) in [6.45, 7) is 0. The van der Waals surface area contributed by atoms with Crippen molar-refractivity contribution >= 4 is 42.8 Å². The van der Waals surface area contributed by atoms with Crippen molar-refractivity contribution in [3.63, 3.8) is 0 Å². The molecule has 0 spiro atoms. The smallest absolute Gasteiger partial charge is 0.223 e. The zero-order valence-electron chi connectivity index (χ0n) is 17.2. The molecule has 1 aliphatic carbocycles. The van der Waals surface area contributed by atoms with Crippen LogP contribution in [0.4, 0.5) is 8.78 Å². The lowest BCUT2D eigenvalue weighted by molar-refractivity contribution is 0.324. The van der Waals surface area contributed by atoms with Crippen molar-refractivity contribution in [3.05, 3.63) is 82.2 Å². The van der Waals surface area contributed by atoms with E-state index in [0.717, 1.165) is 29.5 Å². The molecule has 176 valence electrons. The van der Waals surface area contributed by atoms with Crippen LogP contribution in [-0.4, -0.2) is 22.9 Å². The Morgan fingerprint density at radius 1 is 0.970 bits per heavy atom. The third-order valence-electron chi connectivity index (χ3n) is 5.93. The summed E-state index contributed by atoms with van der Waals surface area (Å²) in [5, 5.41) is 1.98. The maximum atomic E-state index is 14.9. The molecule has 0 radical (unpaired) electrons. The van der Waals surface area contributed by atoms with Gasteiger partial charge in [-0.2, -0.15) is 0 Å². The van der Waals surface area contributed by atoms with Gasteiger partial charge in [0.2, 0.25) is 10.0 Å². The summed E-state index contributed by atoms with van der Waals surface area (Å²) in [6, 6.07) is 10.8. The van der Waals surface area contributed by atoms with Gasteiger partial charge in [0, 0.05) is 16.6 Å². The van der Waals surface area contributed by atoms with Gasteiger partial charge in [0.05, 0.1) is 4.90 Å². The Kier molecular flexibility index (Phi) is 6.67. The first kappa shape index (κ1) is 24.3. The molecule has 0 saturated heterocycles. The fourth-order valence-corrected chi connectivity index (χ4v) is 8.87. The Bertz CT molecular complexity index is 1350. The second-order valence-electron chi connectivity index (χ2n) is 7.90. The lowest BCUT2D eigenvalue weighted by Gasteiger charge is -2.40. The average Bonchev–Trinajstić information content (AvgIpc) is 3.32. The van der Waals surface area contributed by atoms with Gasteiger partial charge in [0.1, 0.15) is 20.6 Å². The number of hydrogen-bond acceptors (Lipinski definition) is 5. The number of nitrogens with one attached hydrogen (secondary N) is 1. The van der Waals surface area contributed by atoms with E-state index in [1.807, 2.05) is 0 Å². The van der Waals surface area contributed by atoms with Crippen molar-refractivity contribution in [1.82, 2.24) is 4.72 Å². The Hall–Kier alpha value is -1.85. The van der Waals surface area contributed by atoms with Crippen molar-refractivity contribution in [2.24, 2.45) is 0 Å². The summed E-state index contributed by atoms with van der Waals surface area (Å²) in [7, 11) is -7.94. The molecule has 1 aromatic heterocycles. The van der Waals surface area contributed by atoms with Gasteiger partial charge in [-0.25, -0.2) is 30.3 Å². The van der Waals surface area contributed by atoms with Crippen LogP contribution in [0, 0.1) is 11.6 Å². The Morgan fingerprint density at radius 3 is 2.24 bits per heavy atom. The molecular weight excluding hydrogens is 512 g/mol. The first-order valence-corrected chi connectivity index (χ1v) is 14.3. The molecule has 4 rings (SSSR count). The molecule has 0 unspecified atom stereocenters. The summed E-state index contributed by atoms with van der Waals surface area (Å²) in [4.78, 5) is -0.0619. The molecule has 2 aromatic carbocycles. The van der Waals surface area contributed by atoms with Crippen LogP contribution >= 0.6 is 22.9 Å². The average molecular weight is 532 g/mol. The molecule has 0 atom stereocenters. The molecule has 5 nitrogen and oxygen atoms in total. The normalized spacial score (nSPS) is 21.7. The highest BCUT2D eigenvalue weighted by atomic mass is 35.5. The standard InChI is InChI=1S/C22H20ClF2NO4S3/c23-15-3-6-18(7-4-15)32(27,28)22(19-14-16(24)5-8-20(19)25)11-9-17(10-12-22)26-33(29,30)21-2-1-13-31-21/h1-8,13-14,17,26H,9-12H2. The van der Waals surface area contributed by atoms with Crippen LogP contribution in [0.1, 0.15) is 31.2 Å². The lowest BCUT2D eigenvalue weighted by Crippen LogP contribution is -2.46. The molecule has 1 N–H and O–H groups in total. The topological polar surface area (TPSA) is 80.3 Å². The quantitative estimate of drug-likeness (QED) is 0.470. The second-order valence-corrected chi connectivity index (χ2v) is 13.5. The van der Waals surface area contributed by atoms with Crippen molar-refractivity contribution in [3.8, 4) is 0 Å². The van der Waals surface area contributed by atoms with Crippen LogP contribution in [0.5, 0.6) is 0 Å². The summed E-state index contributed by atoms with van der Waals surface area (Å²) >= 11 is 6.97. The van der Waals surface area contributed by atoms with E-state index in [1.54, 1.807) is 11.4 Å². The van der Waals surface area contributed by atoms with Crippen LogP contribution in [0.25, 0.3) is 0 Å². The molecule has 33 heavy (non-hydrogen) atoms. The number of sulfone groups is 1. The summed E-state index contributed by atoms with van der Waals surface area (Å²) < 4.78 is 82.8. The summed E-state index contributed by atoms with van der Waals surface area (Å²) in [5.74, 6) is -1.58. The maximum Gasteiger partial charge on any atom is 0.250 e. The number of halogens is 3. The fourth-order valence-electron chi connectivity index (χ4n) is 4.26. The van der Waals surface area contributed by atoms with Crippen LogP contribution in [-0.2, 0) is 24.6 Å². The molecular formula is C22H20ClF2NO4S3. The van der Waals surface area contributed by atoms with E-state index < -0.39 is 42.3 Å². The minimum atomic E-state index is -4.18. The van der Waals surface area contributed by atoms with E-state index in [4.69, 9.17) is 11.6 Å². The van der Waals surface area contributed by atoms with Gasteiger partial charge >= 0.3 is 0 Å². The molecule has 0 bridgehead atoms. The minimum absolute atomic E-state index is 0.0619. The van der Waals surface area contributed by atoms with Gasteiger partial charge in [-0.05, 0) is 79.6 Å². The zero-order chi connectivity index (χ0) is 23.9. The van der Waals surface area contributed by atoms with E-state index >= 15 is 0 Å². The molecule has 11 heteroatoms. The van der Waals surface area contributed by atoms with Crippen LogP contribution in [0.2, 0.25) is 5.02 Å². The molecule has 1 fully saturated rings. The lowest BCUT2D eigenvalue weighted by atomic mass is 9.80. The van der Waals surface area contributed by atoms with Gasteiger partial charge in [-0.15, -0.1) is 11.3 Å². The Morgan fingerprint density at radius 2 is 1.64 bits per heavy atom. The van der Waals surface area contributed by atoms with E-state index in [2.05, 4.69) is 4.72 Å². The van der Waals surface area contributed by atoms with Crippen molar-refractivity contribution in [2.45, 2.75) is 45.6 Å². The molecule has 1 aliphatic rings. The zero-order valence-corrected chi connectivity index (χ0v) is 20.4. The van der Waals surface area contributed by atoms with Crippen LogP contribution in [0.15, 0.2) is 69.1 Å². The highest BCUT2D eigenvalue weighted by Crippen LogP contribution is 2.48. The molecule has 1 saturated carbocycles. The number of sulfonamides is 1. The van der Waals surface area contributed by atoms with Crippen LogP contribution < -0.4 is 4.72 Å². The third-order valence-corrected chi connectivity index (χ3v) is 11.7. The summed E-state index contributed by atoms with van der Waals surface area (Å²) in [5.41, 5.74) is -0.253. The number of hydrogen-bond donors (Lipinski definition) is 1. The van der Waals surface area contributed by atoms with Gasteiger partial charge in [-0.1, -0.05) is 17.7 Å². The first-order chi connectivity index (χ1) is 15.5. The minimum Gasteiger partial charge on any atom is -0.223 e. The van der Waals surface area contributed by atoms with Gasteiger partial charge in [0.15, 0.2) is 9.84 Å². The van der Waals surface area contributed by atoms with E-state index in [9.17, 15) is 25.6 Å². The molecule has 1 heterocycles. The monoisotopic (exact) mass is 531 g/mol. The molecule has 0 aliphatic heterocycles. The number of thiophene rings is 1. The largest absolute Gasteiger partial charge is 0.250 e. The van der Waals surface area contributed by atoms with Crippen LogP contribution in [0.3, 0.4) is 0 Å². The first-order valence-electron chi connectivity index (χ1n) is 10.1. The van der Waals surface area contributed by atoms with E-state index in [1.165, 1.54) is 30.3 Å². The Labute approximate surface area is 200 Å². The maximum absolute atomic E-state index is 14.9. The SMILES string of the molecule is O=S(=O)(NC1CCC(c2cc(F)ccc2F)(S(=O)(=O)c2ccc(Cl)cc2)CC1)c1cccs1. The fraction of sp³-hybridized carbons (Fsp3) is 0.273. The predicted molar refractivity (Wildman–Crippen MR) is 124 cm³/mol. The molecule has 3 aromatic rings. The van der Waals surface area contributed by atoms with Crippen molar-refractivity contribution in [2.75, 3.05) is 0 Å². The van der Waals surface area contributed by atoms with Gasteiger partial charge in [-0.3, -0.25) is 0 Å². The van der Waals surface area contributed by atoms with Crippen molar-refractivity contribution in [1.29, 1.82) is 0 Å². The van der Waals surface area contributed by atoms with E-state index in [0.29, 0.717) is 5.02 Å². The Balaban J connectivity index is 1.72. The molecule has 0 amide bonds. The predicted octanol–water partition coefficient (Wildman–Crippen LogP) is 5.27. The summed E-state index contributed by atoms with van der Waals surface area (Å²) in [6.07, 6.45) is 0.0900. The third kappa shape index (κ3) is 4.59. The van der Waals surface area contributed by atoms with E-state index in [-0.39, 0.29) is 40.4 Å². The highest BCUT2D eigenvalue weighted by molar-refractivity contribution is 7.92. The second kappa shape index (κ2) is 9.07. The van der Waals surface area contributed by atoms with Crippen molar-refractivity contribution < 1.29 is 25.6 Å². The van der Waals surface area contributed by atoms with Gasteiger partial charge < -0.3 is 0 Å². The number of benzene rings is 2. The number of rotatable bonds is 6.